The fourth-order valence-electron chi connectivity index (χ4n) is 2.16. The van der Waals surface area contributed by atoms with E-state index in [1.54, 1.807) is 11.3 Å². The average molecular weight is 238 g/mol. The van der Waals surface area contributed by atoms with E-state index in [1.165, 1.54) is 0 Å². The van der Waals surface area contributed by atoms with E-state index in [0.717, 1.165) is 36.6 Å². The van der Waals surface area contributed by atoms with Crippen LogP contribution < -0.4 is 5.32 Å². The van der Waals surface area contributed by atoms with Gasteiger partial charge in [-0.2, -0.15) is 0 Å². The van der Waals surface area contributed by atoms with Crippen molar-refractivity contribution in [2.45, 2.75) is 33.1 Å². The zero-order valence-electron chi connectivity index (χ0n) is 9.88. The van der Waals surface area contributed by atoms with Gasteiger partial charge < -0.3 is 5.32 Å². The van der Waals surface area contributed by atoms with Crippen LogP contribution >= 0.6 is 11.3 Å². The molecule has 88 valence electrons. The molecule has 0 aromatic carbocycles. The number of hydrogen-bond acceptors (Lipinski definition) is 4. The maximum Gasteiger partial charge on any atom is 0.145 e. The Morgan fingerprint density at radius 3 is 3.06 bits per heavy atom. The summed E-state index contributed by atoms with van der Waals surface area (Å²) < 4.78 is 0. The highest BCUT2D eigenvalue weighted by Gasteiger charge is 2.34. The molecule has 2 heterocycles. The molecule has 1 atom stereocenters. The summed E-state index contributed by atoms with van der Waals surface area (Å²) in [6.45, 7) is 5.90. The zero-order valence-corrected chi connectivity index (χ0v) is 10.7. The molecular formula is C12H18N2OS. The Labute approximate surface area is 100 Å². The molecule has 0 amide bonds. The molecule has 4 heteroatoms. The quantitative estimate of drug-likeness (QED) is 0.875. The predicted octanol–water partition coefficient (Wildman–Crippen LogP) is 1.95. The number of ketones is 1. The van der Waals surface area contributed by atoms with E-state index in [1.807, 2.05) is 12.3 Å². The molecular weight excluding hydrogens is 220 g/mol. The Bertz CT molecular complexity index is 380. The van der Waals surface area contributed by atoms with Gasteiger partial charge in [0.2, 0.25) is 0 Å². The first kappa shape index (κ1) is 11.7. The molecule has 0 saturated carbocycles. The number of aromatic nitrogens is 1. The van der Waals surface area contributed by atoms with Gasteiger partial charge in [-0.3, -0.25) is 4.79 Å². The van der Waals surface area contributed by atoms with E-state index >= 15 is 0 Å². The van der Waals surface area contributed by atoms with Crippen LogP contribution in [-0.4, -0.2) is 23.9 Å². The summed E-state index contributed by atoms with van der Waals surface area (Å²) in [7, 11) is 0. The molecule has 1 unspecified atom stereocenters. The second kappa shape index (κ2) is 4.63. The third-order valence-electron chi connectivity index (χ3n) is 3.28. The van der Waals surface area contributed by atoms with Gasteiger partial charge in [0.25, 0.3) is 0 Å². The Hall–Kier alpha value is -0.740. The molecule has 1 aromatic rings. The Morgan fingerprint density at radius 1 is 1.69 bits per heavy atom. The molecule has 0 spiro atoms. The lowest BCUT2D eigenvalue weighted by Crippen LogP contribution is -2.44. The summed E-state index contributed by atoms with van der Waals surface area (Å²) in [6, 6.07) is 0. The summed E-state index contributed by atoms with van der Waals surface area (Å²) in [5.41, 5.74) is 0.745. The van der Waals surface area contributed by atoms with Crippen LogP contribution in [0.2, 0.25) is 0 Å². The number of thiazole rings is 1. The van der Waals surface area contributed by atoms with Crippen LogP contribution in [0.5, 0.6) is 0 Å². The molecule has 0 aliphatic carbocycles. The van der Waals surface area contributed by atoms with Crippen molar-refractivity contribution in [2.75, 3.05) is 13.1 Å². The van der Waals surface area contributed by atoms with Crippen molar-refractivity contribution in [3.8, 4) is 0 Å². The van der Waals surface area contributed by atoms with Crippen molar-refractivity contribution in [3.63, 3.8) is 0 Å². The van der Waals surface area contributed by atoms with Crippen LogP contribution in [0.3, 0.4) is 0 Å². The van der Waals surface area contributed by atoms with E-state index in [-0.39, 0.29) is 5.41 Å². The summed E-state index contributed by atoms with van der Waals surface area (Å²) in [5, 5.41) is 6.34. The third-order valence-corrected chi connectivity index (χ3v) is 4.10. The highest BCUT2D eigenvalue weighted by Crippen LogP contribution is 2.28. The summed E-state index contributed by atoms with van der Waals surface area (Å²) >= 11 is 1.61. The van der Waals surface area contributed by atoms with Gasteiger partial charge in [0.05, 0.1) is 17.1 Å². The van der Waals surface area contributed by atoms with Gasteiger partial charge in [-0.15, -0.1) is 11.3 Å². The number of nitrogens with one attached hydrogen (secondary N) is 1. The molecule has 1 fully saturated rings. The second-order valence-electron chi connectivity index (χ2n) is 4.80. The second-order valence-corrected chi connectivity index (χ2v) is 5.86. The molecule has 1 aliphatic heterocycles. The van der Waals surface area contributed by atoms with Gasteiger partial charge in [0, 0.05) is 17.3 Å². The Balaban J connectivity index is 2.01. The normalized spacial score (nSPS) is 25.6. The maximum atomic E-state index is 12.2. The fraction of sp³-hybridized carbons (Fsp3) is 0.667. The topological polar surface area (TPSA) is 42.0 Å². The number of aryl methyl sites for hydroxylation is 1. The molecule has 1 N–H and O–H groups in total. The lowest BCUT2D eigenvalue weighted by atomic mass is 9.77. The summed E-state index contributed by atoms with van der Waals surface area (Å²) in [4.78, 5) is 16.6. The van der Waals surface area contributed by atoms with Gasteiger partial charge in [0.15, 0.2) is 0 Å². The van der Waals surface area contributed by atoms with Crippen molar-refractivity contribution in [1.29, 1.82) is 0 Å². The Morgan fingerprint density at radius 2 is 2.50 bits per heavy atom. The molecule has 1 saturated heterocycles. The van der Waals surface area contributed by atoms with Gasteiger partial charge in [-0.1, -0.05) is 6.92 Å². The van der Waals surface area contributed by atoms with Gasteiger partial charge in [-0.25, -0.2) is 4.98 Å². The highest BCUT2D eigenvalue weighted by atomic mass is 32.1. The van der Waals surface area contributed by atoms with E-state index < -0.39 is 0 Å². The zero-order chi connectivity index (χ0) is 11.6. The molecule has 1 aliphatic rings. The summed E-state index contributed by atoms with van der Waals surface area (Å²) in [6.07, 6.45) is 2.59. The van der Waals surface area contributed by atoms with Gasteiger partial charge >= 0.3 is 0 Å². The maximum absolute atomic E-state index is 12.2. The molecule has 3 nitrogen and oxygen atoms in total. The van der Waals surface area contributed by atoms with Crippen molar-refractivity contribution in [1.82, 2.24) is 10.3 Å². The Kier molecular flexibility index (Phi) is 3.40. The first-order chi connectivity index (χ1) is 7.60. The molecule has 0 radical (unpaired) electrons. The van der Waals surface area contributed by atoms with E-state index in [9.17, 15) is 4.79 Å². The van der Waals surface area contributed by atoms with Crippen molar-refractivity contribution in [2.24, 2.45) is 5.41 Å². The number of carbonyl (C=O) groups excluding carboxylic acids is 1. The minimum absolute atomic E-state index is 0.185. The van der Waals surface area contributed by atoms with Crippen molar-refractivity contribution < 1.29 is 4.79 Å². The van der Waals surface area contributed by atoms with Crippen molar-refractivity contribution >= 4 is 17.1 Å². The molecule has 0 bridgehead atoms. The van der Waals surface area contributed by atoms with Crippen LogP contribution in [-0.2, 0) is 11.2 Å². The number of piperidine rings is 1. The van der Waals surface area contributed by atoms with E-state index in [2.05, 4.69) is 17.2 Å². The minimum atomic E-state index is -0.185. The van der Waals surface area contributed by atoms with Crippen LogP contribution in [0, 0.1) is 12.3 Å². The van der Waals surface area contributed by atoms with Crippen LogP contribution in [0.15, 0.2) is 5.38 Å². The van der Waals surface area contributed by atoms with Gasteiger partial charge in [-0.05, 0) is 26.3 Å². The number of Topliss-reactive ketones (excluding diaryl/α,β-unsaturated/α-hetero) is 1. The lowest BCUT2D eigenvalue weighted by molar-refractivity contribution is -0.128. The molecule has 1 aromatic heterocycles. The number of carbonyl (C=O) groups is 1. The first-order valence-electron chi connectivity index (χ1n) is 5.75. The standard InChI is InChI=1S/C12H18N2OS/c1-9-14-10(7-16-9)6-11(15)12(2)4-3-5-13-8-12/h7,13H,3-6,8H2,1-2H3. The molecule has 16 heavy (non-hydrogen) atoms. The van der Waals surface area contributed by atoms with Crippen molar-refractivity contribution in [3.05, 3.63) is 16.1 Å². The minimum Gasteiger partial charge on any atom is -0.316 e. The number of hydrogen-bond donors (Lipinski definition) is 1. The monoisotopic (exact) mass is 238 g/mol. The van der Waals surface area contributed by atoms with Gasteiger partial charge in [0.1, 0.15) is 5.78 Å². The van der Waals surface area contributed by atoms with Crippen LogP contribution in [0.25, 0.3) is 0 Å². The third kappa shape index (κ3) is 2.50. The smallest absolute Gasteiger partial charge is 0.145 e. The SMILES string of the molecule is Cc1nc(CC(=O)C2(C)CCCNC2)cs1. The highest BCUT2D eigenvalue weighted by molar-refractivity contribution is 7.09. The summed E-state index contributed by atoms with van der Waals surface area (Å²) in [5.74, 6) is 0.324. The first-order valence-corrected chi connectivity index (χ1v) is 6.63. The van der Waals surface area contributed by atoms with E-state index in [0.29, 0.717) is 12.2 Å². The lowest BCUT2D eigenvalue weighted by Gasteiger charge is -2.32. The predicted molar refractivity (Wildman–Crippen MR) is 65.8 cm³/mol. The van der Waals surface area contributed by atoms with Crippen LogP contribution in [0.4, 0.5) is 0 Å². The van der Waals surface area contributed by atoms with E-state index in [4.69, 9.17) is 0 Å². The number of rotatable bonds is 3. The van der Waals surface area contributed by atoms with Crippen LogP contribution in [0.1, 0.15) is 30.5 Å². The largest absolute Gasteiger partial charge is 0.316 e. The molecule has 2 rings (SSSR count). The average Bonchev–Trinajstić information content (AvgIpc) is 2.65. The number of nitrogens with zero attached hydrogens (tertiary/aromatic N) is 1. The fourth-order valence-corrected chi connectivity index (χ4v) is 2.77.